The smallest absolute Gasteiger partial charge is 0.272 e. The van der Waals surface area contributed by atoms with Crippen molar-refractivity contribution in [3.05, 3.63) is 54.4 Å². The first-order valence-electron chi connectivity index (χ1n) is 8.44. The SMILES string of the molecule is NC1CCC2CN(C(=O)c3cc(Oc4ccccc4)ccn3)CC12. The number of likely N-dealkylation sites (tertiary alicyclic amines) is 1. The number of aromatic nitrogens is 1. The van der Waals surface area contributed by atoms with Gasteiger partial charge < -0.3 is 15.4 Å². The van der Waals surface area contributed by atoms with E-state index >= 15 is 0 Å². The molecule has 2 N–H and O–H groups in total. The molecule has 5 heteroatoms. The lowest BCUT2D eigenvalue weighted by atomic mass is 9.98. The van der Waals surface area contributed by atoms with Crippen molar-refractivity contribution < 1.29 is 9.53 Å². The highest BCUT2D eigenvalue weighted by Crippen LogP contribution is 2.37. The van der Waals surface area contributed by atoms with Crippen LogP contribution in [0.3, 0.4) is 0 Å². The molecule has 24 heavy (non-hydrogen) atoms. The summed E-state index contributed by atoms with van der Waals surface area (Å²) in [5.74, 6) is 2.32. The highest BCUT2D eigenvalue weighted by atomic mass is 16.5. The van der Waals surface area contributed by atoms with Crippen LogP contribution in [0.4, 0.5) is 0 Å². The number of benzene rings is 1. The van der Waals surface area contributed by atoms with Gasteiger partial charge in [-0.25, -0.2) is 0 Å². The molecule has 1 aliphatic heterocycles. The third-order valence-corrected chi connectivity index (χ3v) is 5.13. The van der Waals surface area contributed by atoms with Crippen LogP contribution in [0.1, 0.15) is 23.3 Å². The lowest BCUT2D eigenvalue weighted by Crippen LogP contribution is -2.33. The first-order valence-corrected chi connectivity index (χ1v) is 8.44. The average Bonchev–Trinajstić information content (AvgIpc) is 3.18. The van der Waals surface area contributed by atoms with E-state index in [0.717, 1.165) is 31.7 Å². The summed E-state index contributed by atoms with van der Waals surface area (Å²) in [6.07, 6.45) is 3.82. The molecule has 1 aliphatic carbocycles. The van der Waals surface area contributed by atoms with Gasteiger partial charge in [0.2, 0.25) is 0 Å². The van der Waals surface area contributed by atoms with E-state index in [4.69, 9.17) is 10.5 Å². The number of pyridine rings is 1. The van der Waals surface area contributed by atoms with E-state index in [1.807, 2.05) is 35.2 Å². The van der Waals surface area contributed by atoms with Gasteiger partial charge in [-0.1, -0.05) is 18.2 Å². The zero-order chi connectivity index (χ0) is 16.5. The van der Waals surface area contributed by atoms with E-state index in [1.165, 1.54) is 0 Å². The molecule has 5 nitrogen and oxygen atoms in total. The van der Waals surface area contributed by atoms with Gasteiger partial charge in [-0.3, -0.25) is 9.78 Å². The molecular formula is C19H21N3O2. The number of carbonyl (C=O) groups is 1. The van der Waals surface area contributed by atoms with Gasteiger partial charge >= 0.3 is 0 Å². The third kappa shape index (κ3) is 2.87. The van der Waals surface area contributed by atoms with Gasteiger partial charge in [0.1, 0.15) is 17.2 Å². The van der Waals surface area contributed by atoms with Crippen molar-refractivity contribution in [2.75, 3.05) is 13.1 Å². The fourth-order valence-corrected chi connectivity index (χ4v) is 3.85. The fourth-order valence-electron chi connectivity index (χ4n) is 3.85. The number of hydrogen-bond donors (Lipinski definition) is 1. The molecule has 0 spiro atoms. The molecule has 3 unspecified atom stereocenters. The second-order valence-electron chi connectivity index (χ2n) is 6.67. The Balaban J connectivity index is 1.48. The normalized spacial score (nSPS) is 25.5. The lowest BCUT2D eigenvalue weighted by Gasteiger charge is -2.18. The number of ether oxygens (including phenoxy) is 1. The first-order chi connectivity index (χ1) is 11.7. The summed E-state index contributed by atoms with van der Waals surface area (Å²) >= 11 is 0. The standard InChI is InChI=1S/C19H21N3O2/c20-17-7-6-13-11-22(12-16(13)17)19(23)18-10-15(8-9-21-18)24-14-4-2-1-3-5-14/h1-5,8-10,13,16-17H,6-7,11-12,20H2. The van der Waals surface area contributed by atoms with Crippen LogP contribution in [0.15, 0.2) is 48.7 Å². The highest BCUT2D eigenvalue weighted by molar-refractivity contribution is 5.92. The van der Waals surface area contributed by atoms with Crippen LogP contribution in [0.25, 0.3) is 0 Å². The summed E-state index contributed by atoms with van der Waals surface area (Å²) in [5.41, 5.74) is 6.59. The highest BCUT2D eigenvalue weighted by Gasteiger charge is 2.42. The second-order valence-corrected chi connectivity index (χ2v) is 6.67. The molecule has 3 atom stereocenters. The summed E-state index contributed by atoms with van der Waals surface area (Å²) in [7, 11) is 0. The second kappa shape index (κ2) is 6.24. The van der Waals surface area contributed by atoms with Gasteiger partial charge in [0, 0.05) is 31.4 Å². The minimum Gasteiger partial charge on any atom is -0.457 e. The quantitative estimate of drug-likeness (QED) is 0.943. The number of rotatable bonds is 3. The Morgan fingerprint density at radius 1 is 1.12 bits per heavy atom. The Morgan fingerprint density at radius 2 is 1.96 bits per heavy atom. The molecule has 1 saturated heterocycles. The molecule has 1 aromatic heterocycles. The Labute approximate surface area is 141 Å². The maximum atomic E-state index is 12.8. The largest absolute Gasteiger partial charge is 0.457 e. The molecule has 2 fully saturated rings. The van der Waals surface area contributed by atoms with Gasteiger partial charge in [0.25, 0.3) is 5.91 Å². The van der Waals surface area contributed by atoms with Crippen molar-refractivity contribution in [1.29, 1.82) is 0 Å². The van der Waals surface area contributed by atoms with Crippen molar-refractivity contribution in [2.45, 2.75) is 18.9 Å². The number of nitrogens with two attached hydrogens (primary N) is 1. The summed E-state index contributed by atoms with van der Waals surface area (Å²) < 4.78 is 5.79. The number of hydrogen-bond acceptors (Lipinski definition) is 4. The maximum Gasteiger partial charge on any atom is 0.272 e. The van der Waals surface area contributed by atoms with Crippen LogP contribution in [-0.2, 0) is 0 Å². The van der Waals surface area contributed by atoms with Crippen LogP contribution >= 0.6 is 0 Å². The Kier molecular flexibility index (Phi) is 3.94. The number of carbonyl (C=O) groups excluding carboxylic acids is 1. The zero-order valence-corrected chi connectivity index (χ0v) is 13.5. The van der Waals surface area contributed by atoms with Gasteiger partial charge in [0.15, 0.2) is 0 Å². The van der Waals surface area contributed by atoms with Crippen molar-refractivity contribution in [1.82, 2.24) is 9.88 Å². The van der Waals surface area contributed by atoms with Crippen molar-refractivity contribution in [2.24, 2.45) is 17.6 Å². The minimum atomic E-state index is -0.0323. The van der Waals surface area contributed by atoms with Crippen molar-refractivity contribution >= 4 is 5.91 Å². The van der Waals surface area contributed by atoms with E-state index < -0.39 is 0 Å². The Bertz CT molecular complexity index is 734. The van der Waals surface area contributed by atoms with Crippen LogP contribution in [0, 0.1) is 11.8 Å². The average molecular weight is 323 g/mol. The van der Waals surface area contributed by atoms with Crippen LogP contribution in [0.2, 0.25) is 0 Å². The number of nitrogens with zero attached hydrogens (tertiary/aromatic N) is 2. The summed E-state index contributed by atoms with van der Waals surface area (Å²) in [5, 5.41) is 0. The molecule has 1 amide bonds. The minimum absolute atomic E-state index is 0.0323. The van der Waals surface area contributed by atoms with Gasteiger partial charge in [-0.2, -0.15) is 0 Å². The van der Waals surface area contributed by atoms with Gasteiger partial charge in [-0.15, -0.1) is 0 Å². The maximum absolute atomic E-state index is 12.8. The molecule has 4 rings (SSSR count). The molecule has 2 aromatic rings. The lowest BCUT2D eigenvalue weighted by molar-refractivity contribution is 0.0773. The molecule has 0 radical (unpaired) electrons. The summed E-state index contributed by atoms with van der Waals surface area (Å²) in [6.45, 7) is 1.54. The van der Waals surface area contributed by atoms with E-state index in [2.05, 4.69) is 4.98 Å². The number of para-hydroxylation sites is 1. The molecule has 1 aromatic carbocycles. The molecule has 2 heterocycles. The fraction of sp³-hybridized carbons (Fsp3) is 0.368. The van der Waals surface area contributed by atoms with Crippen LogP contribution in [-0.4, -0.2) is 34.9 Å². The molecule has 1 saturated carbocycles. The zero-order valence-electron chi connectivity index (χ0n) is 13.5. The monoisotopic (exact) mass is 323 g/mol. The Hall–Kier alpha value is -2.40. The van der Waals surface area contributed by atoms with Crippen LogP contribution < -0.4 is 10.5 Å². The topological polar surface area (TPSA) is 68.5 Å². The predicted octanol–water partition coefficient (Wildman–Crippen LogP) is 2.68. The molecule has 2 aliphatic rings. The van der Waals surface area contributed by atoms with E-state index in [-0.39, 0.29) is 11.9 Å². The summed E-state index contributed by atoms with van der Waals surface area (Å²) in [6, 6.07) is 13.2. The van der Waals surface area contributed by atoms with E-state index in [0.29, 0.717) is 23.3 Å². The Morgan fingerprint density at radius 3 is 2.75 bits per heavy atom. The van der Waals surface area contributed by atoms with E-state index in [1.54, 1.807) is 18.3 Å². The third-order valence-electron chi connectivity index (χ3n) is 5.13. The van der Waals surface area contributed by atoms with Crippen molar-refractivity contribution in [3.8, 4) is 11.5 Å². The van der Waals surface area contributed by atoms with E-state index in [9.17, 15) is 4.79 Å². The van der Waals surface area contributed by atoms with Crippen LogP contribution in [0.5, 0.6) is 11.5 Å². The van der Waals surface area contributed by atoms with Gasteiger partial charge in [-0.05, 0) is 42.9 Å². The van der Waals surface area contributed by atoms with Crippen molar-refractivity contribution in [3.63, 3.8) is 0 Å². The predicted molar refractivity (Wildman–Crippen MR) is 90.8 cm³/mol. The molecule has 0 bridgehead atoms. The summed E-state index contributed by atoms with van der Waals surface area (Å²) in [4.78, 5) is 18.9. The molecule has 124 valence electrons. The van der Waals surface area contributed by atoms with Gasteiger partial charge in [0.05, 0.1) is 0 Å². The number of amides is 1. The first kappa shape index (κ1) is 15.1. The molecular weight excluding hydrogens is 302 g/mol. The number of fused-ring (bicyclic) bond motifs is 1.